The van der Waals surface area contributed by atoms with E-state index in [1.54, 1.807) is 6.07 Å². The highest BCUT2D eigenvalue weighted by Gasteiger charge is 2.12. The monoisotopic (exact) mass is 266 g/mol. The van der Waals surface area contributed by atoms with E-state index < -0.39 is 0 Å². The topological polar surface area (TPSA) is 44.1 Å². The van der Waals surface area contributed by atoms with Crippen molar-refractivity contribution in [2.75, 3.05) is 6.61 Å². The zero-order valence-corrected chi connectivity index (χ0v) is 11.1. The number of benzene rings is 2. The maximum atomic E-state index is 12.7. The SMILES string of the molecule is CCOc1nc2ccccc2c(=O)n1-c1ccccc1. The summed E-state index contributed by atoms with van der Waals surface area (Å²) >= 11 is 0. The average molecular weight is 266 g/mol. The normalized spacial score (nSPS) is 10.7. The van der Waals surface area contributed by atoms with E-state index in [0.717, 1.165) is 5.69 Å². The van der Waals surface area contributed by atoms with Crippen LogP contribution in [0.5, 0.6) is 6.01 Å². The second-order valence-corrected chi connectivity index (χ2v) is 4.32. The Labute approximate surface area is 116 Å². The number of hydrogen-bond donors (Lipinski definition) is 0. The third kappa shape index (κ3) is 2.05. The zero-order valence-electron chi connectivity index (χ0n) is 11.1. The average Bonchev–Trinajstić information content (AvgIpc) is 2.49. The first-order valence-electron chi connectivity index (χ1n) is 6.51. The summed E-state index contributed by atoms with van der Waals surface area (Å²) in [5, 5.41) is 0.583. The molecule has 0 atom stereocenters. The molecule has 3 aromatic rings. The Kier molecular flexibility index (Phi) is 3.21. The molecule has 20 heavy (non-hydrogen) atoms. The van der Waals surface area contributed by atoms with Crippen molar-refractivity contribution in [3.8, 4) is 11.7 Å². The molecule has 3 rings (SSSR count). The lowest BCUT2D eigenvalue weighted by Gasteiger charge is -2.12. The minimum atomic E-state index is -0.120. The molecule has 0 N–H and O–H groups in total. The molecule has 0 saturated carbocycles. The van der Waals surface area contributed by atoms with E-state index >= 15 is 0 Å². The Bertz CT molecular complexity index is 794. The zero-order chi connectivity index (χ0) is 13.9. The summed E-state index contributed by atoms with van der Waals surface area (Å²) in [5.74, 6) is 0. The smallest absolute Gasteiger partial charge is 0.304 e. The van der Waals surface area contributed by atoms with Crippen LogP contribution in [0.3, 0.4) is 0 Å². The van der Waals surface area contributed by atoms with Crippen molar-refractivity contribution in [3.63, 3.8) is 0 Å². The van der Waals surface area contributed by atoms with Crippen LogP contribution in [-0.4, -0.2) is 16.2 Å². The standard InChI is InChI=1S/C16H14N2O2/c1-2-20-16-17-14-11-7-6-10-13(14)15(19)18(16)12-8-4-3-5-9-12/h3-11H,2H2,1H3. The Morgan fingerprint density at radius 2 is 1.75 bits per heavy atom. The van der Waals surface area contributed by atoms with Gasteiger partial charge in [0.2, 0.25) is 0 Å². The lowest BCUT2D eigenvalue weighted by atomic mass is 10.2. The lowest BCUT2D eigenvalue weighted by molar-refractivity contribution is 0.304. The van der Waals surface area contributed by atoms with Crippen LogP contribution in [0, 0.1) is 0 Å². The second kappa shape index (κ2) is 5.17. The van der Waals surface area contributed by atoms with E-state index in [1.807, 2.05) is 55.5 Å². The van der Waals surface area contributed by atoms with E-state index in [9.17, 15) is 4.79 Å². The molecule has 0 spiro atoms. The quantitative estimate of drug-likeness (QED) is 0.732. The van der Waals surface area contributed by atoms with E-state index in [-0.39, 0.29) is 5.56 Å². The maximum Gasteiger partial charge on any atom is 0.304 e. The van der Waals surface area contributed by atoms with Gasteiger partial charge in [0.05, 0.1) is 23.2 Å². The molecule has 0 amide bonds. The van der Waals surface area contributed by atoms with E-state index in [1.165, 1.54) is 4.57 Å². The molecular weight excluding hydrogens is 252 g/mol. The summed E-state index contributed by atoms with van der Waals surface area (Å²) in [7, 11) is 0. The van der Waals surface area contributed by atoms with Crippen molar-refractivity contribution in [3.05, 3.63) is 65.0 Å². The van der Waals surface area contributed by atoms with Gasteiger partial charge in [-0.1, -0.05) is 30.3 Å². The molecule has 0 aliphatic carbocycles. The van der Waals surface area contributed by atoms with Crippen LogP contribution in [0.4, 0.5) is 0 Å². The highest BCUT2D eigenvalue weighted by molar-refractivity contribution is 5.78. The highest BCUT2D eigenvalue weighted by Crippen LogP contribution is 2.17. The number of aromatic nitrogens is 2. The summed E-state index contributed by atoms with van der Waals surface area (Å²) in [6.07, 6.45) is 0. The van der Waals surface area contributed by atoms with Gasteiger partial charge < -0.3 is 4.74 Å². The molecule has 0 aliphatic rings. The largest absolute Gasteiger partial charge is 0.465 e. The van der Waals surface area contributed by atoms with Crippen molar-refractivity contribution >= 4 is 10.9 Å². The number of ether oxygens (including phenoxy) is 1. The summed E-state index contributed by atoms with van der Waals surface area (Å²) in [6, 6.07) is 17.0. The first-order valence-corrected chi connectivity index (χ1v) is 6.51. The fraction of sp³-hybridized carbons (Fsp3) is 0.125. The molecule has 4 nitrogen and oxygen atoms in total. The van der Waals surface area contributed by atoms with Gasteiger partial charge in [0, 0.05) is 0 Å². The van der Waals surface area contributed by atoms with Gasteiger partial charge >= 0.3 is 6.01 Å². The fourth-order valence-corrected chi connectivity index (χ4v) is 2.14. The molecule has 0 aliphatic heterocycles. The van der Waals surface area contributed by atoms with E-state index in [0.29, 0.717) is 23.5 Å². The fourth-order valence-electron chi connectivity index (χ4n) is 2.14. The number of fused-ring (bicyclic) bond motifs is 1. The summed E-state index contributed by atoms with van der Waals surface area (Å²) in [4.78, 5) is 17.1. The molecule has 100 valence electrons. The molecule has 1 aromatic heterocycles. The van der Waals surface area contributed by atoms with Crippen molar-refractivity contribution < 1.29 is 4.74 Å². The van der Waals surface area contributed by atoms with Crippen molar-refractivity contribution in [1.82, 2.24) is 9.55 Å². The third-order valence-corrected chi connectivity index (χ3v) is 3.03. The third-order valence-electron chi connectivity index (χ3n) is 3.03. The molecule has 0 bridgehead atoms. The van der Waals surface area contributed by atoms with Crippen LogP contribution < -0.4 is 10.3 Å². The van der Waals surface area contributed by atoms with Crippen LogP contribution in [0.1, 0.15) is 6.92 Å². The van der Waals surface area contributed by atoms with Crippen LogP contribution in [0.25, 0.3) is 16.6 Å². The number of nitrogens with zero attached hydrogens (tertiary/aromatic N) is 2. The van der Waals surface area contributed by atoms with Crippen LogP contribution >= 0.6 is 0 Å². The van der Waals surface area contributed by atoms with Crippen molar-refractivity contribution in [2.24, 2.45) is 0 Å². The molecule has 4 heteroatoms. The van der Waals surface area contributed by atoms with Crippen molar-refractivity contribution in [2.45, 2.75) is 6.92 Å². The van der Waals surface area contributed by atoms with Gasteiger partial charge in [-0.3, -0.25) is 4.79 Å². The predicted octanol–water partition coefficient (Wildman–Crippen LogP) is 2.78. The molecule has 2 aromatic carbocycles. The van der Waals surface area contributed by atoms with Gasteiger partial charge in [-0.25, -0.2) is 4.57 Å². The molecule has 0 fully saturated rings. The Morgan fingerprint density at radius 1 is 1.05 bits per heavy atom. The van der Waals surface area contributed by atoms with Crippen LogP contribution in [0.15, 0.2) is 59.4 Å². The van der Waals surface area contributed by atoms with Crippen molar-refractivity contribution in [1.29, 1.82) is 0 Å². The van der Waals surface area contributed by atoms with Gasteiger partial charge in [-0.15, -0.1) is 0 Å². The second-order valence-electron chi connectivity index (χ2n) is 4.32. The number of para-hydroxylation sites is 2. The van der Waals surface area contributed by atoms with Gasteiger partial charge in [-0.2, -0.15) is 4.98 Å². The van der Waals surface area contributed by atoms with E-state index in [2.05, 4.69) is 4.98 Å². The molecule has 0 radical (unpaired) electrons. The maximum absolute atomic E-state index is 12.7. The van der Waals surface area contributed by atoms with Gasteiger partial charge in [0.15, 0.2) is 0 Å². The van der Waals surface area contributed by atoms with Crippen LogP contribution in [-0.2, 0) is 0 Å². The molecule has 1 heterocycles. The molecule has 0 saturated heterocycles. The first kappa shape index (κ1) is 12.4. The summed E-state index contributed by atoms with van der Waals surface area (Å²) in [6.45, 7) is 2.33. The highest BCUT2D eigenvalue weighted by atomic mass is 16.5. The summed E-state index contributed by atoms with van der Waals surface area (Å²) < 4.78 is 7.04. The Balaban J connectivity index is 2.36. The lowest BCUT2D eigenvalue weighted by Crippen LogP contribution is -2.22. The minimum Gasteiger partial charge on any atom is -0.465 e. The summed E-state index contributed by atoms with van der Waals surface area (Å²) in [5.41, 5.74) is 1.28. The van der Waals surface area contributed by atoms with Gasteiger partial charge in [0.25, 0.3) is 5.56 Å². The predicted molar refractivity (Wildman–Crippen MR) is 78.5 cm³/mol. The van der Waals surface area contributed by atoms with Gasteiger partial charge in [0.1, 0.15) is 0 Å². The Morgan fingerprint density at radius 3 is 2.50 bits per heavy atom. The molecular formula is C16H14N2O2. The van der Waals surface area contributed by atoms with Crippen LogP contribution in [0.2, 0.25) is 0 Å². The number of rotatable bonds is 3. The van der Waals surface area contributed by atoms with Gasteiger partial charge in [-0.05, 0) is 31.2 Å². The van der Waals surface area contributed by atoms with E-state index in [4.69, 9.17) is 4.74 Å². The Hall–Kier alpha value is -2.62. The number of hydrogen-bond acceptors (Lipinski definition) is 3. The first-order chi connectivity index (χ1) is 9.81. The molecule has 0 unspecified atom stereocenters. The minimum absolute atomic E-state index is 0.120.